The maximum Gasteiger partial charge on any atom is 0.230 e. The zero-order chi connectivity index (χ0) is 17.3. The number of fused-ring (bicyclic) bond motifs is 1. The van der Waals surface area contributed by atoms with Crippen molar-refractivity contribution in [2.45, 2.75) is 32.6 Å². The molecule has 124 valence electrons. The molecule has 1 N–H and O–H groups in total. The molecule has 0 saturated carbocycles. The minimum Gasteiger partial charge on any atom is -0.309 e. The van der Waals surface area contributed by atoms with Gasteiger partial charge in [-0.25, -0.2) is 9.50 Å². The summed E-state index contributed by atoms with van der Waals surface area (Å²) in [5, 5.41) is 8.06. The summed E-state index contributed by atoms with van der Waals surface area (Å²) in [4.78, 5) is 16.8. The van der Waals surface area contributed by atoms with Gasteiger partial charge >= 0.3 is 0 Å². The highest BCUT2D eigenvalue weighted by Gasteiger charge is 2.26. The first-order chi connectivity index (χ1) is 11.3. The fourth-order valence-corrected chi connectivity index (χ4v) is 2.75. The van der Waals surface area contributed by atoms with Crippen molar-refractivity contribution in [2.75, 3.05) is 5.32 Å². The topological polar surface area (TPSA) is 59.3 Å². The van der Waals surface area contributed by atoms with Gasteiger partial charge in [0.25, 0.3) is 0 Å². The van der Waals surface area contributed by atoms with Gasteiger partial charge in [-0.3, -0.25) is 4.79 Å². The largest absolute Gasteiger partial charge is 0.309 e. The summed E-state index contributed by atoms with van der Waals surface area (Å²) < 4.78 is 1.69. The molecule has 0 fully saturated rings. The Hall–Kier alpha value is -2.40. The van der Waals surface area contributed by atoms with Crippen molar-refractivity contribution in [1.29, 1.82) is 0 Å². The van der Waals surface area contributed by atoms with Crippen LogP contribution < -0.4 is 5.32 Å². The molecule has 0 spiro atoms. The number of amides is 1. The Labute approximate surface area is 145 Å². The van der Waals surface area contributed by atoms with E-state index in [1.54, 1.807) is 22.8 Å². The van der Waals surface area contributed by atoms with Gasteiger partial charge in [-0.1, -0.05) is 44.5 Å². The fourth-order valence-electron chi connectivity index (χ4n) is 2.63. The molecular formula is C18H19ClN4O. The fraction of sp³-hybridized carbons (Fsp3) is 0.278. The third-order valence-electron chi connectivity index (χ3n) is 3.68. The molecule has 0 radical (unpaired) electrons. The average molecular weight is 343 g/mol. The number of nitrogens with zero attached hydrogens (tertiary/aromatic N) is 3. The van der Waals surface area contributed by atoms with Crippen molar-refractivity contribution < 1.29 is 4.79 Å². The standard InChI is InChI=1S/C18H19ClN4O/c1-18(2,3)15-16(22-23-10-4-9-20-17(15)23)21-14(24)11-12-5-7-13(19)8-6-12/h4-10H,11H2,1-3H3,(H,21,22,24). The normalized spacial score (nSPS) is 11.7. The van der Waals surface area contributed by atoms with E-state index in [-0.39, 0.29) is 17.7 Å². The van der Waals surface area contributed by atoms with Crippen molar-refractivity contribution in [1.82, 2.24) is 14.6 Å². The van der Waals surface area contributed by atoms with Gasteiger partial charge in [-0.2, -0.15) is 0 Å². The van der Waals surface area contributed by atoms with E-state index in [0.29, 0.717) is 10.8 Å². The van der Waals surface area contributed by atoms with E-state index < -0.39 is 0 Å². The summed E-state index contributed by atoms with van der Waals surface area (Å²) in [6.45, 7) is 6.23. The molecule has 1 amide bonds. The smallest absolute Gasteiger partial charge is 0.230 e. The van der Waals surface area contributed by atoms with E-state index in [1.807, 2.05) is 24.4 Å². The van der Waals surface area contributed by atoms with Crippen LogP contribution in [0.1, 0.15) is 31.9 Å². The molecule has 6 heteroatoms. The highest BCUT2D eigenvalue weighted by molar-refractivity contribution is 6.30. The van der Waals surface area contributed by atoms with Crippen molar-refractivity contribution in [2.24, 2.45) is 0 Å². The van der Waals surface area contributed by atoms with Gasteiger partial charge in [0.15, 0.2) is 11.5 Å². The third-order valence-corrected chi connectivity index (χ3v) is 3.93. The van der Waals surface area contributed by atoms with Gasteiger partial charge < -0.3 is 5.32 Å². The molecule has 0 saturated heterocycles. The van der Waals surface area contributed by atoms with Crippen molar-refractivity contribution in [3.63, 3.8) is 0 Å². The van der Waals surface area contributed by atoms with Crippen molar-refractivity contribution >= 4 is 29.0 Å². The molecule has 1 aromatic carbocycles. The molecule has 2 heterocycles. The number of carbonyl (C=O) groups is 1. The van der Waals surface area contributed by atoms with E-state index in [4.69, 9.17) is 11.6 Å². The Morgan fingerprint density at radius 2 is 1.96 bits per heavy atom. The Morgan fingerprint density at radius 1 is 1.25 bits per heavy atom. The first kappa shape index (κ1) is 16.5. The van der Waals surface area contributed by atoms with Crippen LogP contribution in [0.4, 0.5) is 5.82 Å². The van der Waals surface area contributed by atoms with Crippen LogP contribution in [0.2, 0.25) is 5.02 Å². The van der Waals surface area contributed by atoms with Crippen LogP contribution in [0.15, 0.2) is 42.7 Å². The molecule has 0 unspecified atom stereocenters. The second-order valence-corrected chi connectivity index (χ2v) is 7.15. The Balaban J connectivity index is 1.89. The number of carbonyl (C=O) groups excluding carboxylic acids is 1. The highest BCUT2D eigenvalue weighted by atomic mass is 35.5. The predicted octanol–water partition coefficient (Wildman–Crippen LogP) is 3.86. The van der Waals surface area contributed by atoms with Crippen molar-refractivity contribution in [3.05, 3.63) is 58.9 Å². The number of rotatable bonds is 3. The number of anilines is 1. The Morgan fingerprint density at radius 3 is 2.62 bits per heavy atom. The number of halogens is 1. The van der Waals surface area contributed by atoms with E-state index in [0.717, 1.165) is 16.8 Å². The number of benzene rings is 1. The molecule has 5 nitrogen and oxygen atoms in total. The minimum atomic E-state index is -0.195. The first-order valence-electron chi connectivity index (χ1n) is 7.73. The molecule has 2 aromatic heterocycles. The zero-order valence-electron chi connectivity index (χ0n) is 13.9. The van der Waals surface area contributed by atoms with Crippen LogP contribution in [-0.4, -0.2) is 20.5 Å². The van der Waals surface area contributed by atoms with Gasteiger partial charge in [-0.15, -0.1) is 5.10 Å². The number of hydrogen-bond acceptors (Lipinski definition) is 3. The van der Waals surface area contributed by atoms with Crippen LogP contribution in [0, 0.1) is 0 Å². The number of hydrogen-bond donors (Lipinski definition) is 1. The lowest BCUT2D eigenvalue weighted by molar-refractivity contribution is -0.115. The molecule has 0 bridgehead atoms. The van der Waals surface area contributed by atoms with Crippen LogP contribution in [0.3, 0.4) is 0 Å². The molecule has 0 aliphatic rings. The molecule has 0 aliphatic heterocycles. The van der Waals surface area contributed by atoms with Gasteiger partial charge in [0.1, 0.15) is 0 Å². The maximum absolute atomic E-state index is 12.4. The molecule has 3 aromatic rings. The second-order valence-electron chi connectivity index (χ2n) is 6.71. The van der Waals surface area contributed by atoms with Gasteiger partial charge in [0.2, 0.25) is 5.91 Å². The van der Waals surface area contributed by atoms with Crippen LogP contribution >= 0.6 is 11.6 Å². The second kappa shape index (κ2) is 6.24. The quantitative estimate of drug-likeness (QED) is 0.786. The van der Waals surface area contributed by atoms with E-state index in [9.17, 15) is 4.79 Å². The van der Waals surface area contributed by atoms with Crippen LogP contribution in [0.25, 0.3) is 5.65 Å². The predicted molar refractivity (Wildman–Crippen MR) is 95.5 cm³/mol. The number of aromatic nitrogens is 3. The minimum absolute atomic E-state index is 0.119. The molecule has 24 heavy (non-hydrogen) atoms. The lowest BCUT2D eigenvalue weighted by Gasteiger charge is -2.18. The van der Waals surface area contributed by atoms with Gasteiger partial charge in [0, 0.05) is 23.0 Å². The van der Waals surface area contributed by atoms with Crippen LogP contribution in [0.5, 0.6) is 0 Å². The maximum atomic E-state index is 12.4. The molecular weight excluding hydrogens is 324 g/mol. The zero-order valence-corrected chi connectivity index (χ0v) is 14.6. The first-order valence-corrected chi connectivity index (χ1v) is 8.10. The van der Waals surface area contributed by atoms with Crippen molar-refractivity contribution in [3.8, 4) is 0 Å². The SMILES string of the molecule is CC(C)(C)c1c(NC(=O)Cc2ccc(Cl)cc2)nn2cccnc12. The van der Waals surface area contributed by atoms with Crippen LogP contribution in [-0.2, 0) is 16.6 Å². The van der Waals surface area contributed by atoms with Gasteiger partial charge in [-0.05, 0) is 29.2 Å². The average Bonchev–Trinajstić information content (AvgIpc) is 2.87. The summed E-state index contributed by atoms with van der Waals surface area (Å²) in [5.41, 5.74) is 2.38. The van der Waals surface area contributed by atoms with Gasteiger partial charge in [0.05, 0.1) is 6.42 Å². The summed E-state index contributed by atoms with van der Waals surface area (Å²) in [6, 6.07) is 9.06. The van der Waals surface area contributed by atoms with E-state index in [1.165, 1.54) is 0 Å². The van der Waals surface area contributed by atoms with E-state index >= 15 is 0 Å². The number of nitrogens with one attached hydrogen (secondary N) is 1. The lowest BCUT2D eigenvalue weighted by Crippen LogP contribution is -2.19. The highest BCUT2D eigenvalue weighted by Crippen LogP contribution is 2.32. The van der Waals surface area contributed by atoms with E-state index in [2.05, 4.69) is 36.2 Å². The molecule has 3 rings (SSSR count). The molecule has 0 atom stereocenters. The monoisotopic (exact) mass is 342 g/mol. The summed E-state index contributed by atoms with van der Waals surface area (Å²) in [6.07, 6.45) is 3.82. The Bertz CT molecular complexity index is 878. The lowest BCUT2D eigenvalue weighted by atomic mass is 9.88. The molecule has 0 aliphatic carbocycles. The third kappa shape index (κ3) is 3.41. The Kier molecular flexibility index (Phi) is 4.28. The summed E-state index contributed by atoms with van der Waals surface area (Å²) in [5.74, 6) is 0.436. The summed E-state index contributed by atoms with van der Waals surface area (Å²) in [7, 11) is 0. The summed E-state index contributed by atoms with van der Waals surface area (Å²) >= 11 is 5.87.